The lowest BCUT2D eigenvalue weighted by Gasteiger charge is -2.08. The SMILES string of the molecule is COC(=O)CSc1c(CO)c(C)nn1-c1ccccc1. The van der Waals surface area contributed by atoms with Crippen LogP contribution in [0.5, 0.6) is 0 Å². The number of aryl methyl sites for hydroxylation is 1. The molecule has 1 aromatic carbocycles. The van der Waals surface area contributed by atoms with Crippen molar-refractivity contribution in [2.45, 2.75) is 18.6 Å². The molecule has 2 aromatic rings. The van der Waals surface area contributed by atoms with Gasteiger partial charge in [-0.3, -0.25) is 4.79 Å². The zero-order valence-corrected chi connectivity index (χ0v) is 12.2. The Morgan fingerprint density at radius 1 is 1.40 bits per heavy atom. The zero-order chi connectivity index (χ0) is 14.5. The molecule has 0 aliphatic rings. The third-order valence-electron chi connectivity index (χ3n) is 2.85. The first-order valence-electron chi connectivity index (χ1n) is 6.11. The molecule has 0 amide bonds. The summed E-state index contributed by atoms with van der Waals surface area (Å²) in [6.07, 6.45) is 0. The van der Waals surface area contributed by atoms with E-state index in [2.05, 4.69) is 9.84 Å². The molecule has 0 aliphatic carbocycles. The Morgan fingerprint density at radius 3 is 2.70 bits per heavy atom. The molecule has 1 heterocycles. The number of methoxy groups -OCH3 is 1. The Kier molecular flexibility index (Phi) is 4.81. The molecule has 1 aromatic heterocycles. The van der Waals surface area contributed by atoms with Gasteiger partial charge in [-0.1, -0.05) is 30.0 Å². The van der Waals surface area contributed by atoms with Gasteiger partial charge in [0.05, 0.1) is 30.9 Å². The first-order valence-corrected chi connectivity index (χ1v) is 7.10. The van der Waals surface area contributed by atoms with Crippen LogP contribution in [0.4, 0.5) is 0 Å². The van der Waals surface area contributed by atoms with Crippen LogP contribution >= 0.6 is 11.8 Å². The fraction of sp³-hybridized carbons (Fsp3) is 0.286. The highest BCUT2D eigenvalue weighted by molar-refractivity contribution is 8.00. The van der Waals surface area contributed by atoms with Gasteiger partial charge >= 0.3 is 5.97 Å². The van der Waals surface area contributed by atoms with Crippen LogP contribution in [0.25, 0.3) is 5.69 Å². The number of hydrogen-bond donors (Lipinski definition) is 1. The molecule has 0 bridgehead atoms. The zero-order valence-electron chi connectivity index (χ0n) is 11.4. The number of aliphatic hydroxyl groups excluding tert-OH is 1. The van der Waals surface area contributed by atoms with E-state index in [4.69, 9.17) is 0 Å². The monoisotopic (exact) mass is 292 g/mol. The summed E-state index contributed by atoms with van der Waals surface area (Å²) < 4.78 is 6.39. The largest absolute Gasteiger partial charge is 0.468 e. The van der Waals surface area contributed by atoms with Gasteiger partial charge in [-0.25, -0.2) is 4.68 Å². The van der Waals surface area contributed by atoms with Crippen molar-refractivity contribution in [3.63, 3.8) is 0 Å². The highest BCUT2D eigenvalue weighted by atomic mass is 32.2. The maximum atomic E-state index is 11.3. The lowest BCUT2D eigenvalue weighted by Crippen LogP contribution is -2.06. The van der Waals surface area contributed by atoms with E-state index in [1.165, 1.54) is 18.9 Å². The van der Waals surface area contributed by atoms with Gasteiger partial charge in [-0.05, 0) is 19.1 Å². The van der Waals surface area contributed by atoms with Crippen molar-refractivity contribution in [1.29, 1.82) is 0 Å². The van der Waals surface area contributed by atoms with Crippen molar-refractivity contribution >= 4 is 17.7 Å². The molecule has 0 aliphatic heterocycles. The van der Waals surface area contributed by atoms with Gasteiger partial charge < -0.3 is 9.84 Å². The van der Waals surface area contributed by atoms with E-state index in [9.17, 15) is 9.90 Å². The van der Waals surface area contributed by atoms with Gasteiger partial charge in [0.1, 0.15) is 5.03 Å². The minimum absolute atomic E-state index is 0.109. The lowest BCUT2D eigenvalue weighted by molar-refractivity contribution is -0.137. The molecule has 5 nitrogen and oxygen atoms in total. The van der Waals surface area contributed by atoms with E-state index < -0.39 is 0 Å². The van der Waals surface area contributed by atoms with Gasteiger partial charge in [0, 0.05) is 5.56 Å². The van der Waals surface area contributed by atoms with Crippen LogP contribution in [0.3, 0.4) is 0 Å². The van der Waals surface area contributed by atoms with Crippen molar-refractivity contribution in [2.24, 2.45) is 0 Å². The average molecular weight is 292 g/mol. The summed E-state index contributed by atoms with van der Waals surface area (Å²) in [5.74, 6) is -0.126. The van der Waals surface area contributed by atoms with E-state index >= 15 is 0 Å². The van der Waals surface area contributed by atoms with Crippen LogP contribution in [-0.2, 0) is 16.1 Å². The van der Waals surface area contributed by atoms with Crippen molar-refractivity contribution < 1.29 is 14.6 Å². The molecule has 0 radical (unpaired) electrons. The molecule has 6 heteroatoms. The number of benzene rings is 1. The topological polar surface area (TPSA) is 64.3 Å². The van der Waals surface area contributed by atoms with E-state index in [0.29, 0.717) is 0 Å². The molecular weight excluding hydrogens is 276 g/mol. The van der Waals surface area contributed by atoms with Crippen LogP contribution in [0.1, 0.15) is 11.3 Å². The van der Waals surface area contributed by atoms with Crippen LogP contribution in [0.15, 0.2) is 35.4 Å². The predicted molar refractivity (Wildman–Crippen MR) is 77.0 cm³/mol. The minimum atomic E-state index is -0.308. The molecular formula is C14H16N2O3S. The van der Waals surface area contributed by atoms with Crippen LogP contribution in [-0.4, -0.2) is 33.7 Å². The summed E-state index contributed by atoms with van der Waals surface area (Å²) >= 11 is 1.31. The van der Waals surface area contributed by atoms with Gasteiger partial charge in [-0.2, -0.15) is 5.10 Å². The van der Waals surface area contributed by atoms with Crippen molar-refractivity contribution in [3.8, 4) is 5.69 Å². The predicted octanol–water partition coefficient (Wildman–Crippen LogP) is 1.94. The Balaban J connectivity index is 2.39. The fourth-order valence-electron chi connectivity index (χ4n) is 1.80. The van der Waals surface area contributed by atoms with Crippen LogP contribution < -0.4 is 0 Å². The second kappa shape index (κ2) is 6.58. The summed E-state index contributed by atoms with van der Waals surface area (Å²) in [6.45, 7) is 1.73. The number of rotatable bonds is 5. The van der Waals surface area contributed by atoms with E-state index in [1.807, 2.05) is 37.3 Å². The smallest absolute Gasteiger partial charge is 0.316 e. The fourth-order valence-corrected chi connectivity index (χ4v) is 2.83. The standard InChI is InChI=1S/C14H16N2O3S/c1-10-12(8-17)14(20-9-13(18)19-2)16(15-10)11-6-4-3-5-7-11/h3-7,17H,8-9H2,1-2H3. The summed E-state index contributed by atoms with van der Waals surface area (Å²) in [5.41, 5.74) is 2.38. The van der Waals surface area contributed by atoms with Crippen LogP contribution in [0, 0.1) is 6.92 Å². The summed E-state index contributed by atoms with van der Waals surface area (Å²) in [7, 11) is 1.36. The lowest BCUT2D eigenvalue weighted by atomic mass is 10.3. The number of aliphatic hydroxyl groups is 1. The molecule has 0 saturated heterocycles. The molecule has 2 rings (SSSR count). The molecule has 1 N–H and O–H groups in total. The third-order valence-corrected chi connectivity index (χ3v) is 3.92. The molecule has 0 unspecified atom stereocenters. The first-order chi connectivity index (χ1) is 9.67. The highest BCUT2D eigenvalue weighted by Gasteiger charge is 2.17. The number of esters is 1. The van der Waals surface area contributed by atoms with Crippen molar-refractivity contribution in [3.05, 3.63) is 41.6 Å². The number of ether oxygens (including phenoxy) is 1. The van der Waals surface area contributed by atoms with Gasteiger partial charge in [0.25, 0.3) is 0 Å². The Labute approximate surface area is 121 Å². The van der Waals surface area contributed by atoms with Gasteiger partial charge in [0.15, 0.2) is 0 Å². The quantitative estimate of drug-likeness (QED) is 0.674. The summed E-state index contributed by atoms with van der Waals surface area (Å²) in [6, 6.07) is 9.61. The maximum Gasteiger partial charge on any atom is 0.316 e. The number of aromatic nitrogens is 2. The Hall–Kier alpha value is -1.79. The number of carbonyl (C=O) groups excluding carboxylic acids is 1. The summed E-state index contributed by atoms with van der Waals surface area (Å²) in [4.78, 5) is 11.3. The molecule has 0 atom stereocenters. The first kappa shape index (κ1) is 14.6. The van der Waals surface area contributed by atoms with Crippen molar-refractivity contribution in [2.75, 3.05) is 12.9 Å². The van der Waals surface area contributed by atoms with E-state index in [0.717, 1.165) is 22.0 Å². The third kappa shape index (κ3) is 3.02. The average Bonchev–Trinajstić information content (AvgIpc) is 2.81. The highest BCUT2D eigenvalue weighted by Crippen LogP contribution is 2.28. The number of nitrogens with zero attached hydrogens (tertiary/aromatic N) is 2. The Morgan fingerprint density at radius 2 is 2.10 bits per heavy atom. The number of carbonyl (C=O) groups is 1. The van der Waals surface area contributed by atoms with Crippen LogP contribution in [0.2, 0.25) is 0 Å². The number of para-hydroxylation sites is 1. The number of thioether (sulfide) groups is 1. The maximum absolute atomic E-state index is 11.3. The van der Waals surface area contributed by atoms with Gasteiger partial charge in [0.2, 0.25) is 0 Å². The molecule has 0 saturated carbocycles. The molecule has 20 heavy (non-hydrogen) atoms. The minimum Gasteiger partial charge on any atom is -0.468 e. The van der Waals surface area contributed by atoms with Crippen molar-refractivity contribution in [1.82, 2.24) is 9.78 Å². The van der Waals surface area contributed by atoms with E-state index in [1.54, 1.807) is 4.68 Å². The second-order valence-corrected chi connectivity index (χ2v) is 5.10. The molecule has 0 fully saturated rings. The Bertz CT molecular complexity index is 596. The summed E-state index contributed by atoms with van der Waals surface area (Å²) in [5, 5.41) is 14.7. The normalized spacial score (nSPS) is 10.6. The molecule has 106 valence electrons. The number of hydrogen-bond acceptors (Lipinski definition) is 5. The van der Waals surface area contributed by atoms with E-state index in [-0.39, 0.29) is 18.3 Å². The second-order valence-electron chi connectivity index (χ2n) is 4.14. The van der Waals surface area contributed by atoms with Gasteiger partial charge in [-0.15, -0.1) is 0 Å². The molecule has 0 spiro atoms.